The minimum atomic E-state index is -1.06. The van der Waals surface area contributed by atoms with Crippen LogP contribution in [0, 0.1) is 12.3 Å². The molecule has 1 saturated heterocycles. The van der Waals surface area contributed by atoms with E-state index in [0.29, 0.717) is 29.6 Å². The summed E-state index contributed by atoms with van der Waals surface area (Å²) < 4.78 is 11.8. The number of carbonyl (C=O) groups is 4. The molecule has 2 unspecified atom stereocenters. The number of nitrogens with zero attached hydrogens (tertiary/aromatic N) is 2. The van der Waals surface area contributed by atoms with Gasteiger partial charge in [0, 0.05) is 37.2 Å². The number of aliphatic hydroxyl groups is 1. The van der Waals surface area contributed by atoms with E-state index in [9.17, 15) is 24.3 Å². The Morgan fingerprint density at radius 2 is 1.76 bits per heavy atom. The molecule has 5 N–H and O–H groups in total. The number of aryl methyl sites for hydroxylation is 1. The maximum absolute atomic E-state index is 14.1. The van der Waals surface area contributed by atoms with Gasteiger partial charge in [0.05, 0.1) is 28.2 Å². The molecule has 1 saturated carbocycles. The number of aliphatic hydroxyl groups excluding tert-OH is 1. The number of β-amino-alcohol motifs (C(OH)–C–C–N with tert-alkyl or cyclic N) is 1. The summed E-state index contributed by atoms with van der Waals surface area (Å²) in [6, 6.07) is 12.1. The van der Waals surface area contributed by atoms with Crippen LogP contribution >= 0.6 is 11.3 Å². The summed E-state index contributed by atoms with van der Waals surface area (Å²) in [6.07, 6.45) is -0.897. The van der Waals surface area contributed by atoms with Crippen LogP contribution in [0.2, 0.25) is 0 Å². The van der Waals surface area contributed by atoms with Crippen molar-refractivity contribution in [1.29, 1.82) is 0 Å². The van der Waals surface area contributed by atoms with Crippen molar-refractivity contribution in [3.8, 4) is 16.2 Å². The van der Waals surface area contributed by atoms with Gasteiger partial charge in [0.15, 0.2) is 5.76 Å². The van der Waals surface area contributed by atoms with Crippen molar-refractivity contribution < 1.29 is 38.5 Å². The Hall–Kier alpha value is -4.95. The van der Waals surface area contributed by atoms with Crippen molar-refractivity contribution in [2.45, 2.75) is 90.3 Å². The number of rotatable bonds is 10. The van der Waals surface area contributed by atoms with Crippen molar-refractivity contribution in [2.24, 2.45) is 5.41 Å². The number of aromatic nitrogens is 1. The molecule has 4 aromatic rings. The zero-order chi connectivity index (χ0) is 36.6. The van der Waals surface area contributed by atoms with Gasteiger partial charge in [-0.1, -0.05) is 45.0 Å². The van der Waals surface area contributed by atoms with Crippen molar-refractivity contribution in [1.82, 2.24) is 25.8 Å². The molecule has 3 heterocycles. The van der Waals surface area contributed by atoms with Gasteiger partial charge >= 0.3 is 6.09 Å². The van der Waals surface area contributed by atoms with Crippen LogP contribution in [0.3, 0.4) is 0 Å². The Bertz CT molecular complexity index is 1930. The van der Waals surface area contributed by atoms with E-state index < -0.39 is 41.5 Å². The van der Waals surface area contributed by atoms with Crippen LogP contribution in [0.1, 0.15) is 74.8 Å². The molecule has 2 aromatic carbocycles. The SMILES string of the molecule is Cc1ncsc1-c1ccc(C(C)NC(=O)[C@@H]2C[C@@H](O)CN2C(=O)C(NC(=O)c2cc3cc(O[C@H]4C[C@@H](NC(=O)O)C4)ccc3o2)C(C)(C)C)cc1. The normalized spacial score (nSPS) is 21.4. The molecule has 1 aliphatic carbocycles. The van der Waals surface area contributed by atoms with Gasteiger partial charge in [-0.15, -0.1) is 11.3 Å². The first-order valence-corrected chi connectivity index (χ1v) is 17.8. The lowest BCUT2D eigenvalue weighted by Gasteiger charge is -2.35. The summed E-state index contributed by atoms with van der Waals surface area (Å²) in [5.74, 6) is -0.910. The number of amides is 4. The molecule has 270 valence electrons. The van der Waals surface area contributed by atoms with Gasteiger partial charge in [-0.3, -0.25) is 14.4 Å². The summed E-state index contributed by atoms with van der Waals surface area (Å²) in [6.45, 7) is 9.23. The Balaban J connectivity index is 1.11. The highest BCUT2D eigenvalue weighted by molar-refractivity contribution is 7.13. The van der Waals surface area contributed by atoms with E-state index in [0.717, 1.165) is 21.7 Å². The standard InChI is InChI=1S/C37H43N5O8S/c1-19(21-6-8-22(9-7-21)31-20(2)38-18-51-31)39-33(44)28-16-25(43)17-42(28)35(46)32(37(3,4)5)41-34(45)30-13-23-12-26(10-11-29(23)50-30)49-27-14-24(15-27)40-36(47)48/h6-13,18-19,24-25,27-28,32,40,43H,14-17H2,1-5H3,(H,39,44)(H,41,45)(H,47,48)/t19?,24-,25-,27+,28+,32?/m1/s1. The summed E-state index contributed by atoms with van der Waals surface area (Å²) in [5.41, 5.74) is 4.39. The highest BCUT2D eigenvalue weighted by Gasteiger charge is 2.45. The molecule has 0 bridgehead atoms. The van der Waals surface area contributed by atoms with Gasteiger partial charge in [-0.25, -0.2) is 9.78 Å². The fourth-order valence-electron chi connectivity index (χ4n) is 6.57. The first-order valence-electron chi connectivity index (χ1n) is 17.0. The van der Waals surface area contributed by atoms with Crippen LogP contribution in [0.5, 0.6) is 5.75 Å². The Kier molecular flexibility index (Phi) is 10.1. The zero-order valence-corrected chi connectivity index (χ0v) is 30.0. The van der Waals surface area contributed by atoms with E-state index in [1.54, 1.807) is 35.6 Å². The number of nitrogens with one attached hydrogen (secondary N) is 3. The van der Waals surface area contributed by atoms with Crippen molar-refractivity contribution in [3.63, 3.8) is 0 Å². The first kappa shape index (κ1) is 35.9. The first-order chi connectivity index (χ1) is 24.2. The predicted molar refractivity (Wildman–Crippen MR) is 190 cm³/mol. The monoisotopic (exact) mass is 717 g/mol. The minimum absolute atomic E-state index is 0.000313. The van der Waals surface area contributed by atoms with Gasteiger partial charge in [-0.2, -0.15) is 0 Å². The summed E-state index contributed by atoms with van der Waals surface area (Å²) in [7, 11) is 0. The maximum atomic E-state index is 14.1. The van der Waals surface area contributed by atoms with Gasteiger partial charge in [0.2, 0.25) is 11.8 Å². The smallest absolute Gasteiger partial charge is 0.404 e. The van der Waals surface area contributed by atoms with Gasteiger partial charge < -0.3 is 40.2 Å². The van der Waals surface area contributed by atoms with Crippen LogP contribution in [0.4, 0.5) is 4.79 Å². The fourth-order valence-corrected chi connectivity index (χ4v) is 7.38. The van der Waals surface area contributed by atoms with E-state index in [-0.39, 0.29) is 42.8 Å². The number of furan rings is 1. The number of hydrogen-bond donors (Lipinski definition) is 5. The Morgan fingerprint density at radius 3 is 2.41 bits per heavy atom. The minimum Gasteiger partial charge on any atom is -0.490 e. The van der Waals surface area contributed by atoms with Gasteiger partial charge in [0.1, 0.15) is 29.5 Å². The number of carboxylic acid groups (broad SMARTS) is 1. The molecule has 4 atom stereocenters. The van der Waals surface area contributed by atoms with Crippen molar-refractivity contribution in [2.75, 3.05) is 6.54 Å². The van der Waals surface area contributed by atoms with Crippen molar-refractivity contribution in [3.05, 3.63) is 71.1 Å². The number of hydrogen-bond acceptors (Lipinski definition) is 9. The van der Waals surface area contributed by atoms with Crippen molar-refractivity contribution >= 4 is 46.1 Å². The third-order valence-corrected chi connectivity index (χ3v) is 10.4. The van der Waals surface area contributed by atoms with E-state index in [1.165, 1.54) is 4.90 Å². The molecule has 4 amide bonds. The van der Waals surface area contributed by atoms with Crippen LogP contribution < -0.4 is 20.7 Å². The fraction of sp³-hybridized carbons (Fsp3) is 0.432. The number of fused-ring (bicyclic) bond motifs is 1. The average molecular weight is 718 g/mol. The Labute approximate surface area is 299 Å². The molecule has 6 rings (SSSR count). The van der Waals surface area contributed by atoms with Gasteiger partial charge in [-0.05, 0) is 54.7 Å². The quantitative estimate of drug-likeness (QED) is 0.150. The summed E-state index contributed by atoms with van der Waals surface area (Å²) >= 11 is 1.57. The van der Waals surface area contributed by atoms with E-state index in [2.05, 4.69) is 20.9 Å². The Morgan fingerprint density at radius 1 is 1.04 bits per heavy atom. The molecule has 2 aliphatic rings. The molecule has 14 heteroatoms. The van der Waals surface area contributed by atoms with E-state index >= 15 is 0 Å². The second-order valence-corrected chi connectivity index (χ2v) is 15.3. The molecular weight excluding hydrogens is 675 g/mol. The molecular formula is C37H43N5O8S. The lowest BCUT2D eigenvalue weighted by Crippen LogP contribution is -2.57. The number of likely N-dealkylation sites (tertiary alicyclic amines) is 1. The summed E-state index contributed by atoms with van der Waals surface area (Å²) in [5, 5.41) is 28.4. The molecule has 51 heavy (non-hydrogen) atoms. The highest BCUT2D eigenvalue weighted by atomic mass is 32.1. The maximum Gasteiger partial charge on any atom is 0.404 e. The van der Waals surface area contributed by atoms with E-state index in [4.69, 9.17) is 14.3 Å². The number of benzene rings is 2. The number of ether oxygens (including phenoxy) is 1. The molecule has 0 spiro atoms. The lowest BCUT2D eigenvalue weighted by molar-refractivity contribution is -0.142. The molecule has 1 aliphatic heterocycles. The lowest BCUT2D eigenvalue weighted by atomic mass is 9.85. The highest BCUT2D eigenvalue weighted by Crippen LogP contribution is 2.32. The second-order valence-electron chi connectivity index (χ2n) is 14.5. The predicted octanol–water partition coefficient (Wildman–Crippen LogP) is 5.03. The largest absolute Gasteiger partial charge is 0.490 e. The van der Waals surface area contributed by atoms with Crippen LogP contribution in [0.15, 0.2) is 58.5 Å². The molecule has 13 nitrogen and oxygen atoms in total. The molecule has 2 aromatic heterocycles. The number of thiazole rings is 1. The third kappa shape index (κ3) is 8.02. The van der Waals surface area contributed by atoms with Gasteiger partial charge in [0.25, 0.3) is 5.91 Å². The molecule has 2 fully saturated rings. The van der Waals surface area contributed by atoms with Crippen LogP contribution in [-0.2, 0) is 9.59 Å². The van der Waals surface area contributed by atoms with Crippen LogP contribution in [0.25, 0.3) is 21.4 Å². The molecule has 0 radical (unpaired) electrons. The average Bonchev–Trinajstić information content (AvgIpc) is 3.79. The topological polar surface area (TPSA) is 183 Å². The van der Waals surface area contributed by atoms with E-state index in [1.807, 2.05) is 64.4 Å². The number of carbonyl (C=O) groups excluding carboxylic acids is 3. The second kappa shape index (κ2) is 14.3. The summed E-state index contributed by atoms with van der Waals surface area (Å²) in [4.78, 5) is 58.9. The van der Waals surface area contributed by atoms with Crippen LogP contribution in [-0.4, -0.2) is 80.8 Å². The third-order valence-electron chi connectivity index (χ3n) is 9.47. The zero-order valence-electron chi connectivity index (χ0n) is 29.1.